The minimum atomic E-state index is -0.312. The second-order valence-electron chi connectivity index (χ2n) is 4.23. The molecule has 2 unspecified atom stereocenters. The monoisotopic (exact) mass is 241 g/mol. The first kappa shape index (κ1) is 11.7. The fourth-order valence-electron chi connectivity index (χ4n) is 2.04. The smallest absolute Gasteiger partial charge is 0.126 e. The van der Waals surface area contributed by atoms with E-state index in [1.807, 2.05) is 0 Å². The number of hydrogen-bond acceptors (Lipinski definition) is 3. The van der Waals surface area contributed by atoms with E-state index in [2.05, 4.69) is 0 Å². The summed E-state index contributed by atoms with van der Waals surface area (Å²) in [5, 5.41) is 10.00. The van der Waals surface area contributed by atoms with Crippen LogP contribution in [0.3, 0.4) is 0 Å². The molecule has 0 aromatic heterocycles. The molecule has 1 saturated carbocycles. The van der Waals surface area contributed by atoms with Crippen molar-refractivity contribution in [1.29, 1.82) is 0 Å². The largest absolute Gasteiger partial charge is 0.399 e. The third-order valence-corrected chi connectivity index (χ3v) is 4.21. The van der Waals surface area contributed by atoms with Crippen LogP contribution in [0, 0.1) is 5.82 Å². The summed E-state index contributed by atoms with van der Waals surface area (Å²) in [7, 11) is 0. The molecule has 1 aromatic carbocycles. The SMILES string of the molecule is Nc1cc(F)cc(SC2CCCCC2O)c1. The van der Waals surface area contributed by atoms with Crippen molar-refractivity contribution in [3.05, 3.63) is 24.0 Å². The van der Waals surface area contributed by atoms with Gasteiger partial charge in [0.05, 0.1) is 6.10 Å². The maximum atomic E-state index is 13.1. The Hall–Kier alpha value is -0.740. The van der Waals surface area contributed by atoms with Crippen LogP contribution in [0.5, 0.6) is 0 Å². The first-order chi connectivity index (χ1) is 7.65. The minimum absolute atomic E-state index is 0.176. The number of nitrogens with two attached hydrogens (primary N) is 1. The highest BCUT2D eigenvalue weighted by Gasteiger charge is 2.24. The van der Waals surface area contributed by atoms with Gasteiger partial charge in [-0.3, -0.25) is 0 Å². The molecule has 0 radical (unpaired) electrons. The summed E-state index contributed by atoms with van der Waals surface area (Å²) in [5.74, 6) is -0.312. The Morgan fingerprint density at radius 3 is 2.69 bits per heavy atom. The lowest BCUT2D eigenvalue weighted by molar-refractivity contribution is 0.137. The van der Waals surface area contributed by atoms with Gasteiger partial charge in [-0.1, -0.05) is 12.8 Å². The number of hydrogen-bond donors (Lipinski definition) is 2. The van der Waals surface area contributed by atoms with Crippen LogP contribution in [-0.4, -0.2) is 16.5 Å². The molecule has 1 aliphatic rings. The van der Waals surface area contributed by atoms with Crippen molar-refractivity contribution in [1.82, 2.24) is 0 Å². The Bertz CT molecular complexity index is 352. The lowest BCUT2D eigenvalue weighted by Crippen LogP contribution is -2.26. The van der Waals surface area contributed by atoms with Crippen molar-refractivity contribution < 1.29 is 9.50 Å². The van der Waals surface area contributed by atoms with Gasteiger partial charge in [0.2, 0.25) is 0 Å². The normalized spacial score (nSPS) is 25.6. The predicted molar refractivity (Wildman–Crippen MR) is 64.9 cm³/mol. The van der Waals surface area contributed by atoms with Gasteiger partial charge in [0, 0.05) is 15.8 Å². The van der Waals surface area contributed by atoms with Crippen LogP contribution in [0.15, 0.2) is 23.1 Å². The zero-order valence-electron chi connectivity index (χ0n) is 9.03. The average Bonchev–Trinajstić information content (AvgIpc) is 2.20. The number of anilines is 1. The van der Waals surface area contributed by atoms with E-state index in [1.54, 1.807) is 6.07 Å². The summed E-state index contributed by atoms with van der Waals surface area (Å²) in [6, 6.07) is 4.54. The quantitative estimate of drug-likeness (QED) is 0.783. The van der Waals surface area contributed by atoms with Gasteiger partial charge < -0.3 is 10.8 Å². The molecule has 2 atom stereocenters. The van der Waals surface area contributed by atoms with Crippen LogP contribution < -0.4 is 5.73 Å². The maximum absolute atomic E-state index is 13.1. The molecule has 16 heavy (non-hydrogen) atoms. The Labute approximate surface area is 99.0 Å². The van der Waals surface area contributed by atoms with Gasteiger partial charge in [-0.15, -0.1) is 11.8 Å². The second-order valence-corrected chi connectivity index (χ2v) is 5.54. The van der Waals surface area contributed by atoms with Crippen LogP contribution in [0.2, 0.25) is 0 Å². The highest BCUT2D eigenvalue weighted by atomic mass is 32.2. The molecule has 2 nitrogen and oxygen atoms in total. The zero-order valence-corrected chi connectivity index (χ0v) is 9.84. The van der Waals surface area contributed by atoms with Gasteiger partial charge in [0.1, 0.15) is 5.82 Å². The van der Waals surface area contributed by atoms with E-state index in [-0.39, 0.29) is 17.2 Å². The number of halogens is 1. The van der Waals surface area contributed by atoms with E-state index < -0.39 is 0 Å². The number of benzene rings is 1. The minimum Gasteiger partial charge on any atom is -0.399 e. The molecular formula is C12H16FNOS. The van der Waals surface area contributed by atoms with Gasteiger partial charge in [0.15, 0.2) is 0 Å². The zero-order chi connectivity index (χ0) is 11.5. The van der Waals surface area contributed by atoms with Crippen molar-refractivity contribution in [3.8, 4) is 0 Å². The first-order valence-corrected chi connectivity index (χ1v) is 6.44. The Morgan fingerprint density at radius 1 is 1.25 bits per heavy atom. The van der Waals surface area contributed by atoms with Crippen LogP contribution in [0.1, 0.15) is 25.7 Å². The van der Waals surface area contributed by atoms with E-state index in [0.29, 0.717) is 5.69 Å². The Balaban J connectivity index is 2.07. The molecule has 1 aromatic rings. The third-order valence-electron chi connectivity index (χ3n) is 2.85. The molecule has 3 N–H and O–H groups in total. The molecule has 0 saturated heterocycles. The van der Waals surface area contributed by atoms with Gasteiger partial charge in [-0.25, -0.2) is 4.39 Å². The van der Waals surface area contributed by atoms with Crippen molar-refractivity contribution in [2.24, 2.45) is 0 Å². The van der Waals surface area contributed by atoms with E-state index in [1.165, 1.54) is 23.9 Å². The van der Waals surface area contributed by atoms with E-state index in [0.717, 1.165) is 30.6 Å². The van der Waals surface area contributed by atoms with Gasteiger partial charge >= 0.3 is 0 Å². The van der Waals surface area contributed by atoms with Crippen LogP contribution in [-0.2, 0) is 0 Å². The number of nitrogen functional groups attached to an aromatic ring is 1. The van der Waals surface area contributed by atoms with Crippen LogP contribution in [0.4, 0.5) is 10.1 Å². The third kappa shape index (κ3) is 2.89. The van der Waals surface area contributed by atoms with Gasteiger partial charge in [-0.2, -0.15) is 0 Å². The molecule has 88 valence electrons. The second kappa shape index (κ2) is 5.06. The Morgan fingerprint density at radius 2 is 2.00 bits per heavy atom. The van der Waals surface area contributed by atoms with E-state index in [4.69, 9.17) is 5.73 Å². The molecule has 0 spiro atoms. The standard InChI is InChI=1S/C12H16FNOS/c13-8-5-9(14)7-10(6-8)16-12-4-2-1-3-11(12)15/h5-7,11-12,15H,1-4,14H2. The maximum Gasteiger partial charge on any atom is 0.126 e. The summed E-state index contributed by atoms with van der Waals surface area (Å²) in [4.78, 5) is 0.809. The highest BCUT2D eigenvalue weighted by molar-refractivity contribution is 8.00. The number of rotatable bonds is 2. The molecule has 0 amide bonds. The van der Waals surface area contributed by atoms with Gasteiger partial charge in [-0.05, 0) is 31.0 Å². The summed E-state index contributed by atoms with van der Waals surface area (Å²) < 4.78 is 13.1. The molecular weight excluding hydrogens is 225 g/mol. The molecule has 1 aliphatic carbocycles. The number of aliphatic hydroxyl groups is 1. The Kier molecular flexibility index (Phi) is 3.71. The summed E-state index contributed by atoms with van der Waals surface area (Å²) in [5.41, 5.74) is 6.02. The summed E-state index contributed by atoms with van der Waals surface area (Å²) in [6.07, 6.45) is 3.79. The molecule has 4 heteroatoms. The number of thioether (sulfide) groups is 1. The highest BCUT2D eigenvalue weighted by Crippen LogP contribution is 2.34. The average molecular weight is 241 g/mol. The number of aliphatic hydroxyl groups excluding tert-OH is 1. The fraction of sp³-hybridized carbons (Fsp3) is 0.500. The molecule has 1 fully saturated rings. The fourth-order valence-corrected chi connectivity index (χ4v) is 3.35. The lowest BCUT2D eigenvalue weighted by atomic mass is 9.97. The summed E-state index contributed by atoms with van der Waals surface area (Å²) in [6.45, 7) is 0. The molecule has 0 heterocycles. The van der Waals surface area contributed by atoms with Gasteiger partial charge in [0.25, 0.3) is 0 Å². The van der Waals surface area contributed by atoms with Crippen molar-refractivity contribution >= 4 is 17.4 Å². The topological polar surface area (TPSA) is 46.2 Å². The van der Waals surface area contributed by atoms with Crippen LogP contribution in [0.25, 0.3) is 0 Å². The lowest BCUT2D eigenvalue weighted by Gasteiger charge is -2.26. The van der Waals surface area contributed by atoms with Crippen molar-refractivity contribution in [2.75, 3.05) is 5.73 Å². The predicted octanol–water partition coefficient (Wildman–Crippen LogP) is 2.80. The van der Waals surface area contributed by atoms with Crippen molar-refractivity contribution in [3.63, 3.8) is 0 Å². The van der Waals surface area contributed by atoms with Crippen LogP contribution >= 0.6 is 11.8 Å². The molecule has 0 bridgehead atoms. The van der Waals surface area contributed by atoms with E-state index >= 15 is 0 Å². The molecule has 2 rings (SSSR count). The first-order valence-electron chi connectivity index (χ1n) is 5.56. The van der Waals surface area contributed by atoms with E-state index in [9.17, 15) is 9.50 Å². The van der Waals surface area contributed by atoms with Crippen molar-refractivity contribution in [2.45, 2.75) is 41.9 Å². The molecule has 0 aliphatic heterocycles. The summed E-state index contributed by atoms with van der Waals surface area (Å²) >= 11 is 1.53.